The van der Waals surface area contributed by atoms with Crippen molar-refractivity contribution < 1.29 is 4.74 Å². The van der Waals surface area contributed by atoms with Crippen molar-refractivity contribution in [1.29, 1.82) is 0 Å². The summed E-state index contributed by atoms with van der Waals surface area (Å²) in [6.07, 6.45) is 0. The van der Waals surface area contributed by atoms with Gasteiger partial charge in [0.1, 0.15) is 5.75 Å². The molecule has 1 fully saturated rings. The van der Waals surface area contributed by atoms with E-state index in [1.165, 1.54) is 5.56 Å². The molecule has 1 atom stereocenters. The van der Waals surface area contributed by atoms with Crippen LogP contribution in [0.2, 0.25) is 0 Å². The molecule has 0 spiro atoms. The lowest BCUT2D eigenvalue weighted by molar-refractivity contribution is 0.185. The molecule has 2 rings (SSSR count). The summed E-state index contributed by atoms with van der Waals surface area (Å²) in [5.74, 6) is 0.927. The number of nitrogens with one attached hydrogen (secondary N) is 1. The number of hydrogen-bond acceptors (Lipinski definition) is 3. The number of piperazine rings is 1. The van der Waals surface area contributed by atoms with Gasteiger partial charge in [0.2, 0.25) is 0 Å². The summed E-state index contributed by atoms with van der Waals surface area (Å²) in [6, 6.07) is 8.88. The van der Waals surface area contributed by atoms with Crippen LogP contribution in [0, 0.1) is 0 Å². The first-order valence-electron chi connectivity index (χ1n) is 5.90. The first kappa shape index (κ1) is 11.4. The molecule has 0 radical (unpaired) electrons. The highest BCUT2D eigenvalue weighted by Gasteiger charge is 2.17. The van der Waals surface area contributed by atoms with E-state index in [1.54, 1.807) is 7.11 Å². The second-order valence-corrected chi connectivity index (χ2v) is 4.24. The Morgan fingerprint density at radius 3 is 2.38 bits per heavy atom. The Morgan fingerprint density at radius 2 is 1.81 bits per heavy atom. The third-order valence-electron chi connectivity index (χ3n) is 3.30. The zero-order chi connectivity index (χ0) is 11.4. The van der Waals surface area contributed by atoms with E-state index in [0.717, 1.165) is 31.9 Å². The van der Waals surface area contributed by atoms with Crippen LogP contribution in [0.25, 0.3) is 0 Å². The quantitative estimate of drug-likeness (QED) is 0.838. The summed E-state index contributed by atoms with van der Waals surface area (Å²) in [5.41, 5.74) is 1.36. The highest BCUT2D eigenvalue weighted by molar-refractivity contribution is 5.28. The Morgan fingerprint density at radius 1 is 1.19 bits per heavy atom. The van der Waals surface area contributed by atoms with Gasteiger partial charge in [-0.3, -0.25) is 4.90 Å². The predicted octanol–water partition coefficient (Wildman–Crippen LogP) is 1.66. The maximum atomic E-state index is 5.17. The van der Waals surface area contributed by atoms with E-state index >= 15 is 0 Å². The Hall–Kier alpha value is -1.06. The average molecular weight is 220 g/mol. The minimum atomic E-state index is 0.494. The van der Waals surface area contributed by atoms with Crippen molar-refractivity contribution >= 4 is 0 Å². The Kier molecular flexibility index (Phi) is 3.80. The van der Waals surface area contributed by atoms with Crippen molar-refractivity contribution in [3.05, 3.63) is 29.8 Å². The first-order chi connectivity index (χ1) is 7.81. The molecule has 0 amide bonds. The fourth-order valence-electron chi connectivity index (χ4n) is 2.16. The van der Waals surface area contributed by atoms with E-state index in [2.05, 4.69) is 29.3 Å². The zero-order valence-corrected chi connectivity index (χ0v) is 10.1. The monoisotopic (exact) mass is 220 g/mol. The van der Waals surface area contributed by atoms with Crippen molar-refractivity contribution in [3.63, 3.8) is 0 Å². The van der Waals surface area contributed by atoms with Gasteiger partial charge in [-0.15, -0.1) is 0 Å². The van der Waals surface area contributed by atoms with Gasteiger partial charge in [0.05, 0.1) is 7.11 Å². The van der Waals surface area contributed by atoms with E-state index in [4.69, 9.17) is 4.74 Å². The van der Waals surface area contributed by atoms with Crippen LogP contribution in [0.3, 0.4) is 0 Å². The minimum absolute atomic E-state index is 0.494. The highest BCUT2D eigenvalue weighted by atomic mass is 16.5. The summed E-state index contributed by atoms with van der Waals surface area (Å²) in [6.45, 7) is 6.73. The van der Waals surface area contributed by atoms with E-state index in [0.29, 0.717) is 6.04 Å². The van der Waals surface area contributed by atoms with Crippen LogP contribution in [-0.4, -0.2) is 38.2 Å². The van der Waals surface area contributed by atoms with Gasteiger partial charge in [-0.1, -0.05) is 12.1 Å². The van der Waals surface area contributed by atoms with Crippen LogP contribution in [0.5, 0.6) is 5.75 Å². The number of hydrogen-bond donors (Lipinski definition) is 1. The molecular weight excluding hydrogens is 200 g/mol. The van der Waals surface area contributed by atoms with E-state index < -0.39 is 0 Å². The molecule has 1 saturated heterocycles. The van der Waals surface area contributed by atoms with E-state index in [-0.39, 0.29) is 0 Å². The molecule has 1 aromatic carbocycles. The van der Waals surface area contributed by atoms with Crippen LogP contribution in [-0.2, 0) is 0 Å². The van der Waals surface area contributed by atoms with E-state index in [1.807, 2.05) is 12.1 Å². The molecule has 1 aromatic rings. The lowest BCUT2D eigenvalue weighted by atomic mass is 10.1. The van der Waals surface area contributed by atoms with E-state index in [9.17, 15) is 0 Å². The maximum absolute atomic E-state index is 5.17. The molecule has 0 aromatic heterocycles. The van der Waals surface area contributed by atoms with Gasteiger partial charge in [0.25, 0.3) is 0 Å². The fraction of sp³-hybridized carbons (Fsp3) is 0.538. The van der Waals surface area contributed by atoms with Crippen molar-refractivity contribution in [2.24, 2.45) is 0 Å². The van der Waals surface area contributed by atoms with Gasteiger partial charge >= 0.3 is 0 Å². The summed E-state index contributed by atoms with van der Waals surface area (Å²) in [5, 5.41) is 3.38. The highest BCUT2D eigenvalue weighted by Crippen LogP contribution is 2.22. The third kappa shape index (κ3) is 2.54. The SMILES string of the molecule is COc1ccc([C@H](C)N2CCNCC2)cc1. The van der Waals surface area contributed by atoms with Crippen LogP contribution in [0.1, 0.15) is 18.5 Å². The first-order valence-corrected chi connectivity index (χ1v) is 5.90. The van der Waals surface area contributed by atoms with Crippen LogP contribution in [0.15, 0.2) is 24.3 Å². The lowest BCUT2D eigenvalue weighted by Gasteiger charge is -2.33. The number of methoxy groups -OCH3 is 1. The molecule has 1 N–H and O–H groups in total. The summed E-state index contributed by atoms with van der Waals surface area (Å²) < 4.78 is 5.17. The molecular formula is C13H20N2O. The third-order valence-corrected chi connectivity index (χ3v) is 3.30. The summed E-state index contributed by atoms with van der Waals surface area (Å²) >= 11 is 0. The van der Waals surface area contributed by atoms with Crippen LogP contribution >= 0.6 is 0 Å². The minimum Gasteiger partial charge on any atom is -0.497 e. The van der Waals surface area contributed by atoms with Gasteiger partial charge < -0.3 is 10.1 Å². The summed E-state index contributed by atoms with van der Waals surface area (Å²) in [4.78, 5) is 2.51. The Labute approximate surface area is 97.4 Å². The molecule has 88 valence electrons. The summed E-state index contributed by atoms with van der Waals surface area (Å²) in [7, 11) is 1.70. The Bertz CT molecular complexity index is 317. The zero-order valence-electron chi connectivity index (χ0n) is 10.1. The van der Waals surface area contributed by atoms with Crippen molar-refractivity contribution in [2.45, 2.75) is 13.0 Å². The topological polar surface area (TPSA) is 24.5 Å². The van der Waals surface area contributed by atoms with Gasteiger partial charge in [0.15, 0.2) is 0 Å². The second-order valence-electron chi connectivity index (χ2n) is 4.24. The normalized spacial score (nSPS) is 19.4. The van der Waals surface area contributed by atoms with Gasteiger partial charge in [-0.25, -0.2) is 0 Å². The second kappa shape index (κ2) is 5.32. The molecule has 3 heteroatoms. The van der Waals surface area contributed by atoms with Gasteiger partial charge in [0, 0.05) is 32.2 Å². The van der Waals surface area contributed by atoms with Crippen LogP contribution < -0.4 is 10.1 Å². The largest absolute Gasteiger partial charge is 0.497 e. The molecule has 0 bridgehead atoms. The molecule has 0 saturated carbocycles. The number of nitrogens with zero attached hydrogens (tertiary/aromatic N) is 1. The van der Waals surface area contributed by atoms with Crippen molar-refractivity contribution in [2.75, 3.05) is 33.3 Å². The predicted molar refractivity (Wildman–Crippen MR) is 65.9 cm³/mol. The molecule has 16 heavy (non-hydrogen) atoms. The smallest absolute Gasteiger partial charge is 0.118 e. The molecule has 1 heterocycles. The number of rotatable bonds is 3. The fourth-order valence-corrected chi connectivity index (χ4v) is 2.16. The number of benzene rings is 1. The standard InChI is InChI=1S/C13H20N2O/c1-11(15-9-7-14-8-10-15)12-3-5-13(16-2)6-4-12/h3-6,11,14H,7-10H2,1-2H3/t11-/m0/s1. The van der Waals surface area contributed by atoms with Crippen molar-refractivity contribution in [1.82, 2.24) is 10.2 Å². The Balaban J connectivity index is 2.04. The van der Waals surface area contributed by atoms with Crippen molar-refractivity contribution in [3.8, 4) is 5.75 Å². The molecule has 1 aliphatic rings. The average Bonchev–Trinajstić information content (AvgIpc) is 2.39. The molecule has 0 unspecified atom stereocenters. The molecule has 0 aliphatic carbocycles. The molecule has 3 nitrogen and oxygen atoms in total. The lowest BCUT2D eigenvalue weighted by Crippen LogP contribution is -2.44. The molecule has 1 aliphatic heterocycles. The number of ether oxygens (including phenoxy) is 1. The van der Waals surface area contributed by atoms with Crippen LogP contribution in [0.4, 0.5) is 0 Å². The maximum Gasteiger partial charge on any atom is 0.118 e. The van der Waals surface area contributed by atoms with Gasteiger partial charge in [-0.05, 0) is 24.6 Å². The van der Waals surface area contributed by atoms with Gasteiger partial charge in [-0.2, -0.15) is 0 Å².